The van der Waals surface area contributed by atoms with Crippen LogP contribution in [0.15, 0.2) is 48.5 Å². The predicted octanol–water partition coefficient (Wildman–Crippen LogP) is 3.21. The molecule has 0 saturated heterocycles. The van der Waals surface area contributed by atoms with Crippen LogP contribution >= 0.6 is 11.6 Å². The average molecular weight is 302 g/mol. The molecule has 2 aromatic rings. The molecule has 0 aliphatic heterocycles. The standard InChI is InChI=1S/C15H8ClNO4/c16-12-3-1-2-11(10-12)4-9-15(18)21-14-7-5-13(6-8-14)17(19)20/h1-3,5-8,10H. The molecule has 0 atom stereocenters. The average Bonchev–Trinajstić information content (AvgIpc) is 2.46. The summed E-state index contributed by atoms with van der Waals surface area (Å²) >= 11 is 5.79. The molecule has 0 radical (unpaired) electrons. The zero-order chi connectivity index (χ0) is 15.2. The molecule has 2 aromatic carbocycles. The van der Waals surface area contributed by atoms with Crippen molar-refractivity contribution in [2.24, 2.45) is 0 Å². The summed E-state index contributed by atoms with van der Waals surface area (Å²) in [5.41, 5.74) is 0.503. The first kappa shape index (κ1) is 14.6. The number of halogens is 1. The Hall–Kier alpha value is -2.84. The van der Waals surface area contributed by atoms with E-state index in [0.29, 0.717) is 10.6 Å². The van der Waals surface area contributed by atoms with Crippen LogP contribution in [0.3, 0.4) is 0 Å². The molecule has 0 aliphatic carbocycles. The Labute approximate surface area is 125 Å². The Kier molecular flexibility index (Phi) is 4.54. The third kappa shape index (κ3) is 4.34. The molecule has 5 nitrogen and oxygen atoms in total. The topological polar surface area (TPSA) is 69.4 Å². The van der Waals surface area contributed by atoms with Gasteiger partial charge in [-0.15, -0.1) is 0 Å². The van der Waals surface area contributed by atoms with Crippen LogP contribution in [-0.4, -0.2) is 10.9 Å². The lowest BCUT2D eigenvalue weighted by Gasteiger charge is -1.98. The third-order valence-corrected chi connectivity index (χ3v) is 2.63. The van der Waals surface area contributed by atoms with Crippen LogP contribution in [0.2, 0.25) is 5.02 Å². The van der Waals surface area contributed by atoms with E-state index in [1.54, 1.807) is 24.3 Å². The van der Waals surface area contributed by atoms with Gasteiger partial charge in [-0.05, 0) is 30.3 Å². The van der Waals surface area contributed by atoms with Crippen molar-refractivity contribution in [3.8, 4) is 17.6 Å². The number of benzene rings is 2. The van der Waals surface area contributed by atoms with E-state index < -0.39 is 10.9 Å². The van der Waals surface area contributed by atoms with Crippen molar-refractivity contribution in [3.63, 3.8) is 0 Å². The number of hydrogen-bond acceptors (Lipinski definition) is 4. The van der Waals surface area contributed by atoms with Crippen molar-refractivity contribution in [2.75, 3.05) is 0 Å². The number of hydrogen-bond donors (Lipinski definition) is 0. The number of carbonyl (C=O) groups excluding carboxylic acids is 1. The van der Waals surface area contributed by atoms with Crippen LogP contribution in [0.5, 0.6) is 5.75 Å². The summed E-state index contributed by atoms with van der Waals surface area (Å²) in [6.45, 7) is 0. The van der Waals surface area contributed by atoms with Crippen LogP contribution in [0.25, 0.3) is 0 Å². The van der Waals surface area contributed by atoms with Crippen LogP contribution in [0.1, 0.15) is 5.56 Å². The van der Waals surface area contributed by atoms with Crippen LogP contribution in [0.4, 0.5) is 5.69 Å². The first-order valence-corrected chi connectivity index (χ1v) is 6.16. The Bertz CT molecular complexity index is 744. The van der Waals surface area contributed by atoms with Crippen LogP contribution < -0.4 is 4.74 Å². The Morgan fingerprint density at radius 1 is 1.19 bits per heavy atom. The van der Waals surface area contributed by atoms with Crippen LogP contribution in [-0.2, 0) is 4.79 Å². The zero-order valence-corrected chi connectivity index (χ0v) is 11.3. The SMILES string of the molecule is O=C(C#Cc1cccc(Cl)c1)Oc1ccc([N+](=O)[O-])cc1. The molecule has 0 amide bonds. The molecule has 0 spiro atoms. The van der Waals surface area contributed by atoms with Crippen molar-refractivity contribution in [1.29, 1.82) is 0 Å². The minimum Gasteiger partial charge on any atom is -0.417 e. The lowest BCUT2D eigenvalue weighted by atomic mass is 10.2. The van der Waals surface area contributed by atoms with Gasteiger partial charge in [-0.1, -0.05) is 23.6 Å². The quantitative estimate of drug-likeness (QED) is 0.281. The molecule has 0 aliphatic rings. The van der Waals surface area contributed by atoms with E-state index in [4.69, 9.17) is 16.3 Å². The second kappa shape index (κ2) is 6.55. The zero-order valence-electron chi connectivity index (χ0n) is 10.6. The van der Waals surface area contributed by atoms with Gasteiger partial charge in [0.15, 0.2) is 0 Å². The highest BCUT2D eigenvalue weighted by Gasteiger charge is 2.06. The highest BCUT2D eigenvalue weighted by atomic mass is 35.5. The molecule has 2 rings (SSSR count). The molecule has 6 heteroatoms. The van der Waals surface area contributed by atoms with Gasteiger partial charge < -0.3 is 4.74 Å². The van der Waals surface area contributed by atoms with Gasteiger partial charge in [-0.2, -0.15) is 0 Å². The summed E-state index contributed by atoms with van der Waals surface area (Å²) in [6, 6.07) is 11.9. The van der Waals surface area contributed by atoms with Gasteiger partial charge in [0.05, 0.1) is 4.92 Å². The van der Waals surface area contributed by atoms with Gasteiger partial charge in [0.2, 0.25) is 0 Å². The van der Waals surface area contributed by atoms with Gasteiger partial charge in [-0.3, -0.25) is 10.1 Å². The Morgan fingerprint density at radius 3 is 2.52 bits per heavy atom. The highest BCUT2D eigenvalue weighted by molar-refractivity contribution is 6.30. The van der Waals surface area contributed by atoms with E-state index in [0.717, 1.165) is 0 Å². The number of nitro groups is 1. The predicted molar refractivity (Wildman–Crippen MR) is 77.1 cm³/mol. The minimum absolute atomic E-state index is 0.0835. The van der Waals surface area contributed by atoms with E-state index in [1.165, 1.54) is 24.3 Å². The summed E-state index contributed by atoms with van der Waals surface area (Å²) in [6.07, 6.45) is 0. The van der Waals surface area contributed by atoms with Crippen molar-refractivity contribution in [2.45, 2.75) is 0 Å². The fraction of sp³-hybridized carbons (Fsp3) is 0. The van der Waals surface area contributed by atoms with E-state index >= 15 is 0 Å². The smallest absolute Gasteiger partial charge is 0.390 e. The summed E-state index contributed by atoms with van der Waals surface area (Å²) in [7, 11) is 0. The second-order valence-electron chi connectivity index (χ2n) is 3.90. The van der Waals surface area contributed by atoms with Gasteiger partial charge >= 0.3 is 5.97 Å². The van der Waals surface area contributed by atoms with E-state index in [-0.39, 0.29) is 11.4 Å². The van der Waals surface area contributed by atoms with Gasteiger partial charge in [-0.25, -0.2) is 4.79 Å². The molecule has 104 valence electrons. The Balaban J connectivity index is 2.04. The summed E-state index contributed by atoms with van der Waals surface area (Å²) in [4.78, 5) is 21.5. The maximum atomic E-state index is 11.5. The molecular formula is C15H8ClNO4. The molecule has 0 saturated carbocycles. The van der Waals surface area contributed by atoms with E-state index in [9.17, 15) is 14.9 Å². The first-order valence-electron chi connectivity index (χ1n) is 5.78. The van der Waals surface area contributed by atoms with E-state index in [1.807, 2.05) is 0 Å². The third-order valence-electron chi connectivity index (χ3n) is 2.39. The Morgan fingerprint density at radius 2 is 1.90 bits per heavy atom. The number of carbonyl (C=O) groups is 1. The summed E-state index contributed by atoms with van der Waals surface area (Å²) in [5.74, 6) is 4.35. The first-order chi connectivity index (χ1) is 10.0. The van der Waals surface area contributed by atoms with Gasteiger partial charge in [0, 0.05) is 28.6 Å². The molecule has 0 N–H and O–H groups in total. The number of ether oxygens (including phenoxy) is 1. The number of nitrogens with zero attached hydrogens (tertiary/aromatic N) is 1. The number of nitro benzene ring substituents is 1. The maximum Gasteiger partial charge on any atom is 0.390 e. The highest BCUT2D eigenvalue weighted by Crippen LogP contribution is 2.17. The maximum absolute atomic E-state index is 11.5. The van der Waals surface area contributed by atoms with E-state index in [2.05, 4.69) is 11.8 Å². The van der Waals surface area contributed by atoms with Gasteiger partial charge in [0.25, 0.3) is 5.69 Å². The molecule has 0 fully saturated rings. The fourth-order valence-electron chi connectivity index (χ4n) is 1.46. The lowest BCUT2D eigenvalue weighted by molar-refractivity contribution is -0.384. The number of esters is 1. The second-order valence-corrected chi connectivity index (χ2v) is 4.34. The summed E-state index contributed by atoms with van der Waals surface area (Å²) < 4.78 is 4.93. The normalized spacial score (nSPS) is 9.38. The van der Waals surface area contributed by atoms with Crippen molar-refractivity contribution >= 4 is 23.3 Å². The monoisotopic (exact) mass is 301 g/mol. The van der Waals surface area contributed by atoms with Crippen LogP contribution in [0, 0.1) is 22.0 Å². The molecule has 0 heterocycles. The lowest BCUT2D eigenvalue weighted by Crippen LogP contribution is -2.04. The molecule has 0 bridgehead atoms. The van der Waals surface area contributed by atoms with Gasteiger partial charge in [0.1, 0.15) is 5.75 Å². The number of rotatable bonds is 2. The fourth-order valence-corrected chi connectivity index (χ4v) is 1.65. The largest absolute Gasteiger partial charge is 0.417 e. The van der Waals surface area contributed by atoms with Crippen molar-refractivity contribution in [3.05, 3.63) is 69.2 Å². The minimum atomic E-state index is -0.760. The molecular weight excluding hydrogens is 294 g/mol. The van der Waals surface area contributed by atoms with Crippen molar-refractivity contribution in [1.82, 2.24) is 0 Å². The molecule has 21 heavy (non-hydrogen) atoms. The molecule has 0 unspecified atom stereocenters. The molecule has 0 aromatic heterocycles. The number of non-ortho nitro benzene ring substituents is 1. The summed E-state index contributed by atoms with van der Waals surface area (Å²) in [5, 5.41) is 11.0. The van der Waals surface area contributed by atoms with Crippen molar-refractivity contribution < 1.29 is 14.5 Å².